The van der Waals surface area contributed by atoms with Crippen molar-refractivity contribution < 1.29 is 13.2 Å². The van der Waals surface area contributed by atoms with Crippen LogP contribution in [0.4, 0.5) is 13.2 Å². The van der Waals surface area contributed by atoms with Gasteiger partial charge in [-0.2, -0.15) is 18.3 Å². The molecule has 0 bridgehead atoms. The molecule has 1 aliphatic rings. The van der Waals surface area contributed by atoms with E-state index in [1.165, 1.54) is 0 Å². The predicted molar refractivity (Wildman–Crippen MR) is 75.1 cm³/mol. The van der Waals surface area contributed by atoms with Crippen LogP contribution in [0.3, 0.4) is 0 Å². The first-order valence-corrected chi connectivity index (χ1v) is 7.20. The van der Waals surface area contributed by atoms with Crippen molar-refractivity contribution in [3.05, 3.63) is 53.0 Å². The number of halogens is 4. The van der Waals surface area contributed by atoms with Crippen LogP contribution in [0.2, 0.25) is 5.15 Å². The van der Waals surface area contributed by atoms with Crippen molar-refractivity contribution in [1.82, 2.24) is 24.6 Å². The molecule has 3 heterocycles. The van der Waals surface area contributed by atoms with E-state index < -0.39 is 11.7 Å². The minimum Gasteiger partial charge on any atom is -0.240 e. The topological polar surface area (TPSA) is 56.0 Å². The monoisotopic (exact) mass is 339 g/mol. The van der Waals surface area contributed by atoms with Gasteiger partial charge in [0.05, 0.1) is 5.56 Å². The maximum absolute atomic E-state index is 12.5. The first kappa shape index (κ1) is 14.4. The Morgan fingerprint density at radius 1 is 1.13 bits per heavy atom. The fraction of sp³-hybridized carbons (Fsp3) is 0.286. The number of fused-ring (bicyclic) bond motifs is 1. The zero-order valence-electron chi connectivity index (χ0n) is 11.5. The second-order valence-corrected chi connectivity index (χ2v) is 5.78. The van der Waals surface area contributed by atoms with E-state index in [2.05, 4.69) is 20.1 Å². The van der Waals surface area contributed by atoms with Crippen LogP contribution in [-0.4, -0.2) is 24.6 Å². The molecule has 118 valence electrons. The zero-order valence-corrected chi connectivity index (χ0v) is 12.3. The lowest BCUT2D eigenvalue weighted by Gasteiger charge is -2.06. The maximum atomic E-state index is 12.5. The molecule has 0 unspecified atom stereocenters. The van der Waals surface area contributed by atoms with E-state index >= 15 is 0 Å². The summed E-state index contributed by atoms with van der Waals surface area (Å²) in [4.78, 5) is 12.0. The van der Waals surface area contributed by atoms with Gasteiger partial charge in [-0.25, -0.2) is 19.5 Å². The Bertz CT molecular complexity index is 874. The molecule has 1 saturated carbocycles. The Morgan fingerprint density at radius 2 is 1.87 bits per heavy atom. The lowest BCUT2D eigenvalue weighted by molar-refractivity contribution is -0.138. The van der Waals surface area contributed by atoms with Crippen LogP contribution < -0.4 is 0 Å². The Kier molecular flexibility index (Phi) is 3.06. The molecule has 0 radical (unpaired) electrons. The normalized spacial score (nSPS) is 20.9. The van der Waals surface area contributed by atoms with Gasteiger partial charge >= 0.3 is 6.18 Å². The average Bonchev–Trinajstić information content (AvgIpc) is 3.16. The number of hydrogen-bond acceptors (Lipinski definition) is 4. The summed E-state index contributed by atoms with van der Waals surface area (Å²) in [5, 5.41) is 4.44. The molecule has 0 N–H and O–H groups in total. The molecule has 3 aromatic rings. The number of imidazole rings is 1. The summed E-state index contributed by atoms with van der Waals surface area (Å²) >= 11 is 6.00. The van der Waals surface area contributed by atoms with Gasteiger partial charge in [0.25, 0.3) is 0 Å². The van der Waals surface area contributed by atoms with E-state index in [-0.39, 0.29) is 11.8 Å². The van der Waals surface area contributed by atoms with E-state index in [0.717, 1.165) is 24.4 Å². The van der Waals surface area contributed by atoms with Crippen LogP contribution in [0.15, 0.2) is 30.9 Å². The highest BCUT2D eigenvalue weighted by atomic mass is 35.5. The second kappa shape index (κ2) is 4.89. The van der Waals surface area contributed by atoms with Gasteiger partial charge in [0.15, 0.2) is 5.65 Å². The van der Waals surface area contributed by atoms with E-state index in [1.807, 2.05) is 0 Å². The van der Waals surface area contributed by atoms with Crippen molar-refractivity contribution in [2.75, 3.05) is 0 Å². The summed E-state index contributed by atoms with van der Waals surface area (Å²) in [5.74, 6) is 0.453. The molecule has 0 spiro atoms. The summed E-state index contributed by atoms with van der Waals surface area (Å²) in [6, 6.07) is 1.73. The third kappa shape index (κ3) is 2.52. The van der Waals surface area contributed by atoms with Gasteiger partial charge in [0, 0.05) is 36.3 Å². The molecular formula is C14H9ClF3N5. The van der Waals surface area contributed by atoms with E-state index in [9.17, 15) is 13.2 Å². The largest absolute Gasteiger partial charge is 0.419 e. The molecule has 0 aromatic carbocycles. The number of nitrogens with zero attached hydrogens (tertiary/aromatic N) is 5. The molecule has 3 aromatic heterocycles. The molecule has 0 saturated heterocycles. The van der Waals surface area contributed by atoms with Gasteiger partial charge in [-0.05, 0) is 18.4 Å². The molecule has 0 aliphatic heterocycles. The first-order valence-electron chi connectivity index (χ1n) is 6.82. The molecule has 2 atom stereocenters. The smallest absolute Gasteiger partial charge is 0.240 e. The molecular weight excluding hydrogens is 331 g/mol. The Labute approximate surface area is 133 Å². The SMILES string of the molecule is FC(F)(F)c1cnc([C@H]2C[C@@H]2c2cc(Cl)nn3ccnc23)nc1. The molecule has 5 nitrogen and oxygen atoms in total. The fourth-order valence-corrected chi connectivity index (χ4v) is 2.88. The quantitative estimate of drug-likeness (QED) is 0.717. The van der Waals surface area contributed by atoms with Gasteiger partial charge in [-0.3, -0.25) is 0 Å². The van der Waals surface area contributed by atoms with Crippen molar-refractivity contribution in [3.8, 4) is 0 Å². The predicted octanol–water partition coefficient (Wildman–Crippen LogP) is 3.46. The van der Waals surface area contributed by atoms with Crippen molar-refractivity contribution in [2.24, 2.45) is 0 Å². The second-order valence-electron chi connectivity index (χ2n) is 5.39. The van der Waals surface area contributed by atoms with Gasteiger partial charge in [0.2, 0.25) is 0 Å². The molecule has 23 heavy (non-hydrogen) atoms. The van der Waals surface area contributed by atoms with E-state index in [1.54, 1.807) is 23.0 Å². The van der Waals surface area contributed by atoms with Crippen LogP contribution >= 0.6 is 11.6 Å². The fourth-order valence-electron chi connectivity index (χ4n) is 2.68. The number of hydrogen-bond donors (Lipinski definition) is 0. The molecule has 1 fully saturated rings. The lowest BCUT2D eigenvalue weighted by atomic mass is 10.1. The van der Waals surface area contributed by atoms with E-state index in [0.29, 0.717) is 16.6 Å². The Morgan fingerprint density at radius 3 is 2.57 bits per heavy atom. The third-order valence-corrected chi connectivity index (χ3v) is 4.06. The molecule has 1 aliphatic carbocycles. The Hall–Kier alpha value is -2.22. The van der Waals surface area contributed by atoms with Crippen molar-refractivity contribution in [1.29, 1.82) is 0 Å². The number of aromatic nitrogens is 5. The molecule has 0 amide bonds. The first-order chi connectivity index (χ1) is 10.9. The Balaban J connectivity index is 1.63. The number of alkyl halides is 3. The highest BCUT2D eigenvalue weighted by Gasteiger charge is 2.44. The third-order valence-electron chi connectivity index (χ3n) is 3.88. The van der Waals surface area contributed by atoms with Crippen LogP contribution in [-0.2, 0) is 6.18 Å². The minimum absolute atomic E-state index is 0.0312. The lowest BCUT2D eigenvalue weighted by Crippen LogP contribution is -2.07. The summed E-state index contributed by atoms with van der Waals surface area (Å²) < 4.78 is 39.2. The van der Waals surface area contributed by atoms with Crippen LogP contribution in [0.1, 0.15) is 35.2 Å². The summed E-state index contributed by atoms with van der Waals surface area (Å²) in [5.41, 5.74) is 0.748. The number of rotatable bonds is 2. The average molecular weight is 340 g/mol. The molecule has 4 rings (SSSR count). The highest BCUT2D eigenvalue weighted by Crippen LogP contribution is 2.54. The zero-order chi connectivity index (χ0) is 16.2. The van der Waals surface area contributed by atoms with Gasteiger partial charge in [-0.15, -0.1) is 0 Å². The summed E-state index contributed by atoms with van der Waals surface area (Å²) in [6.07, 6.45) is 1.27. The van der Waals surface area contributed by atoms with Crippen LogP contribution in [0, 0.1) is 0 Å². The summed E-state index contributed by atoms with van der Waals surface area (Å²) in [7, 11) is 0. The highest BCUT2D eigenvalue weighted by molar-refractivity contribution is 6.29. The molecule has 9 heteroatoms. The van der Waals surface area contributed by atoms with Crippen molar-refractivity contribution >= 4 is 17.2 Å². The van der Waals surface area contributed by atoms with Gasteiger partial charge in [-0.1, -0.05) is 11.6 Å². The summed E-state index contributed by atoms with van der Waals surface area (Å²) in [6.45, 7) is 0. The van der Waals surface area contributed by atoms with Gasteiger partial charge in [0.1, 0.15) is 11.0 Å². The van der Waals surface area contributed by atoms with Crippen LogP contribution in [0.5, 0.6) is 0 Å². The van der Waals surface area contributed by atoms with Crippen molar-refractivity contribution in [3.63, 3.8) is 0 Å². The maximum Gasteiger partial charge on any atom is 0.419 e. The standard InChI is InChI=1S/C14H9ClF3N5/c15-11-4-10(13-19-1-2-23(13)22-11)8-3-9(8)12-20-5-7(6-21-12)14(16,17)18/h1-2,4-6,8-9H,3H2/t8-,9-/m0/s1. The van der Waals surface area contributed by atoms with Crippen LogP contribution in [0.25, 0.3) is 5.65 Å². The van der Waals surface area contributed by atoms with Crippen molar-refractivity contribution in [2.45, 2.75) is 24.4 Å². The van der Waals surface area contributed by atoms with Gasteiger partial charge < -0.3 is 0 Å². The van der Waals surface area contributed by atoms with E-state index in [4.69, 9.17) is 11.6 Å². The minimum atomic E-state index is -4.43.